The first-order valence-corrected chi connectivity index (χ1v) is 9.04. The Balaban J connectivity index is 2.35. The van der Waals surface area contributed by atoms with Crippen molar-refractivity contribution in [2.75, 3.05) is 14.2 Å². The average molecular weight is 408 g/mol. The van der Waals surface area contributed by atoms with Crippen molar-refractivity contribution in [3.63, 3.8) is 0 Å². The number of benzene rings is 1. The third-order valence-electron chi connectivity index (χ3n) is 4.54. The number of aromatic carboxylic acids is 1. The van der Waals surface area contributed by atoms with Crippen LogP contribution in [0.3, 0.4) is 0 Å². The summed E-state index contributed by atoms with van der Waals surface area (Å²) in [7, 11) is 2.70. The number of phenols is 1. The lowest BCUT2D eigenvalue weighted by molar-refractivity contribution is 0.0592. The van der Waals surface area contributed by atoms with E-state index in [9.17, 15) is 19.8 Å². The Morgan fingerprint density at radius 2 is 1.90 bits per heavy atom. The lowest BCUT2D eigenvalue weighted by Crippen LogP contribution is -2.08. The van der Waals surface area contributed by atoms with Gasteiger partial charge < -0.3 is 19.7 Å². The molecule has 30 heavy (non-hydrogen) atoms. The van der Waals surface area contributed by atoms with Gasteiger partial charge in [0.1, 0.15) is 22.7 Å². The van der Waals surface area contributed by atoms with Crippen LogP contribution >= 0.6 is 0 Å². The standard InChI is InChI=1S/C22H20N2O6/c1-12(2)14-10-13(21(26)27)8-9-16(14)24-17(11-15(23-24)22(28)30-4)20-18(25)6-5-7-19(20)29-3/h5-7,10-12,25H,1-4H3,(H,26,27). The van der Waals surface area contributed by atoms with Crippen molar-refractivity contribution in [2.45, 2.75) is 19.8 Å². The molecule has 2 N–H and O–H groups in total. The number of carbonyl (C=O) groups excluding carboxylic acids is 1. The van der Waals surface area contributed by atoms with Crippen molar-refractivity contribution in [3.05, 3.63) is 59.3 Å². The predicted molar refractivity (Wildman–Crippen MR) is 107 cm³/mol. The van der Waals surface area contributed by atoms with E-state index in [4.69, 9.17) is 9.47 Å². The highest BCUT2D eigenvalue weighted by atomic mass is 16.5. The first-order valence-electron chi connectivity index (χ1n) is 9.04. The molecule has 0 saturated heterocycles. The molecule has 0 amide bonds. The molecular formula is C22H20N2O6. The van der Waals surface area contributed by atoms with Crippen LogP contribution in [0.5, 0.6) is 11.5 Å². The third kappa shape index (κ3) is 3.65. The van der Waals surface area contributed by atoms with Crippen molar-refractivity contribution in [3.8, 4) is 28.4 Å². The van der Waals surface area contributed by atoms with Crippen LogP contribution < -0.4 is 4.74 Å². The molecule has 0 unspecified atom stereocenters. The molecule has 0 radical (unpaired) electrons. The van der Waals surface area contributed by atoms with Gasteiger partial charge >= 0.3 is 11.9 Å². The Kier molecular flexibility index (Phi) is 5.65. The summed E-state index contributed by atoms with van der Waals surface area (Å²) in [5, 5.41) is 24.2. The zero-order chi connectivity index (χ0) is 22.0. The number of hydrogen-bond donors (Lipinski definition) is 2. The summed E-state index contributed by atoms with van der Waals surface area (Å²) in [6, 6.07) is 13.2. The van der Waals surface area contributed by atoms with Crippen LogP contribution in [0.15, 0.2) is 30.3 Å². The molecule has 0 aliphatic heterocycles. The summed E-state index contributed by atoms with van der Waals surface area (Å²) in [5.74, 6) is -1.59. The number of esters is 1. The Morgan fingerprint density at radius 1 is 1.17 bits per heavy atom. The number of ether oxygens (including phenoxy) is 2. The molecule has 1 aromatic heterocycles. The number of rotatable bonds is 6. The molecule has 1 heterocycles. The monoisotopic (exact) mass is 408 g/mol. The highest BCUT2D eigenvalue weighted by molar-refractivity contribution is 5.90. The number of aromatic nitrogens is 2. The highest BCUT2D eigenvalue weighted by Gasteiger charge is 2.24. The number of aromatic hydroxyl groups is 1. The Hall–Kier alpha value is -3.99. The summed E-state index contributed by atoms with van der Waals surface area (Å²) >= 11 is 0. The van der Waals surface area contributed by atoms with E-state index in [0.29, 0.717) is 28.3 Å². The van der Waals surface area contributed by atoms with E-state index in [1.165, 1.54) is 37.1 Å². The normalized spacial score (nSPS) is 10.6. The molecule has 0 aliphatic rings. The summed E-state index contributed by atoms with van der Waals surface area (Å²) in [4.78, 5) is 23.5. The number of nitrogens with zero attached hydrogens (tertiary/aromatic N) is 2. The minimum absolute atomic E-state index is 0.00298. The average Bonchev–Trinajstić information content (AvgIpc) is 3.16. The maximum atomic E-state index is 12.2. The molecular weight excluding hydrogens is 388 g/mol. The second-order valence-corrected chi connectivity index (χ2v) is 6.74. The molecule has 0 spiro atoms. The zero-order valence-corrected chi connectivity index (χ0v) is 16.9. The molecule has 8 heteroatoms. The molecule has 0 fully saturated rings. The molecule has 0 saturated carbocycles. The zero-order valence-electron chi connectivity index (χ0n) is 16.9. The molecule has 0 atom stereocenters. The fourth-order valence-corrected chi connectivity index (χ4v) is 3.07. The van der Waals surface area contributed by atoms with Crippen LogP contribution in [-0.2, 0) is 4.74 Å². The molecule has 0 bridgehead atoms. The topological polar surface area (TPSA) is 111 Å². The Morgan fingerprint density at radius 3 is 2.50 bits per heavy atom. The van der Waals surface area contributed by atoms with E-state index in [0.717, 1.165) is 0 Å². The number of carbonyl (C=O) groups is 2. The van der Waals surface area contributed by atoms with Gasteiger partial charge in [-0.1, -0.05) is 26.0 Å². The smallest absolute Gasteiger partial charge is 0.358 e. The van der Waals surface area contributed by atoms with Gasteiger partial charge in [0, 0.05) is 0 Å². The molecule has 0 aliphatic carbocycles. The van der Waals surface area contributed by atoms with E-state index < -0.39 is 11.9 Å². The van der Waals surface area contributed by atoms with E-state index >= 15 is 0 Å². The van der Waals surface area contributed by atoms with Crippen molar-refractivity contribution in [1.82, 2.24) is 9.78 Å². The van der Waals surface area contributed by atoms with Crippen LogP contribution in [0.1, 0.15) is 46.2 Å². The maximum Gasteiger partial charge on any atom is 0.358 e. The van der Waals surface area contributed by atoms with Gasteiger partial charge in [0.25, 0.3) is 0 Å². The van der Waals surface area contributed by atoms with Gasteiger partial charge in [0.05, 0.1) is 25.5 Å². The van der Waals surface area contributed by atoms with Gasteiger partial charge in [-0.15, -0.1) is 0 Å². The second-order valence-electron chi connectivity index (χ2n) is 6.74. The van der Waals surface area contributed by atoms with E-state index in [-0.39, 0.29) is 22.9 Å². The van der Waals surface area contributed by atoms with Crippen LogP contribution in [0.2, 0.25) is 0 Å². The van der Waals surface area contributed by atoms with Crippen LogP contribution in [0.25, 0.3) is 16.9 Å². The Labute approximate surface area is 173 Å². The number of hydrogen-bond acceptors (Lipinski definition) is 6. The first-order chi connectivity index (χ1) is 14.3. The van der Waals surface area contributed by atoms with Crippen LogP contribution in [0.4, 0.5) is 0 Å². The third-order valence-corrected chi connectivity index (χ3v) is 4.54. The predicted octanol–water partition coefficient (Wildman–Crippen LogP) is 3.46. The van der Waals surface area contributed by atoms with Crippen LogP contribution in [-0.4, -0.2) is 46.2 Å². The van der Waals surface area contributed by atoms with Gasteiger partial charge in [0.15, 0.2) is 5.69 Å². The maximum absolute atomic E-state index is 12.2. The largest absolute Gasteiger partial charge is 0.507 e. The lowest BCUT2D eigenvalue weighted by Gasteiger charge is -2.15. The summed E-state index contributed by atoms with van der Waals surface area (Å²) in [5.41, 5.74) is 1.65. The minimum atomic E-state index is -1.13. The minimum Gasteiger partial charge on any atom is -0.507 e. The molecule has 3 rings (SSSR count). The summed E-state index contributed by atoms with van der Waals surface area (Å²) < 4.78 is 11.6. The van der Waals surface area contributed by atoms with Gasteiger partial charge in [-0.2, -0.15) is 5.10 Å². The first kappa shape index (κ1) is 20.7. The van der Waals surface area contributed by atoms with Gasteiger partial charge in [0.2, 0.25) is 0 Å². The van der Waals surface area contributed by atoms with E-state index in [1.807, 2.05) is 13.8 Å². The number of phenolic OH excluding ortho intramolecular Hbond substituents is 1. The van der Waals surface area contributed by atoms with Crippen molar-refractivity contribution >= 4 is 11.9 Å². The van der Waals surface area contributed by atoms with Gasteiger partial charge in [-0.05, 0) is 41.8 Å². The number of methoxy groups -OCH3 is 2. The lowest BCUT2D eigenvalue weighted by atomic mass is 9.99. The molecule has 154 valence electrons. The molecule has 2 aromatic carbocycles. The number of carboxylic acid groups (broad SMARTS) is 1. The van der Waals surface area contributed by atoms with Crippen LogP contribution in [0, 0.1) is 12.1 Å². The second kappa shape index (κ2) is 8.17. The molecule has 3 aromatic rings. The van der Waals surface area contributed by atoms with Crippen molar-refractivity contribution in [2.24, 2.45) is 0 Å². The summed E-state index contributed by atoms with van der Waals surface area (Å²) in [6.07, 6.45) is 0. The highest BCUT2D eigenvalue weighted by Crippen LogP contribution is 2.39. The van der Waals surface area contributed by atoms with Crippen molar-refractivity contribution < 1.29 is 29.3 Å². The Bertz CT molecular complexity index is 1120. The van der Waals surface area contributed by atoms with Crippen molar-refractivity contribution in [1.29, 1.82) is 0 Å². The number of carboxylic acids is 1. The molecule has 8 nitrogen and oxygen atoms in total. The van der Waals surface area contributed by atoms with Gasteiger partial charge in [-0.25, -0.2) is 14.3 Å². The van der Waals surface area contributed by atoms with E-state index in [2.05, 4.69) is 17.2 Å². The fourth-order valence-electron chi connectivity index (χ4n) is 3.07. The quantitative estimate of drug-likeness (QED) is 0.601. The van der Waals surface area contributed by atoms with Gasteiger partial charge in [-0.3, -0.25) is 0 Å². The summed E-state index contributed by atoms with van der Waals surface area (Å²) in [6.45, 7) is 3.78. The fraction of sp³-hybridized carbons (Fsp3) is 0.227. The van der Waals surface area contributed by atoms with E-state index in [1.54, 1.807) is 12.1 Å². The SMILES string of the molecule is COC(=O)c1cc(-c2c(O)cccc2OC)n(-c2c#cc(C(=O)O)cc2C(C)C)n1.